The summed E-state index contributed by atoms with van der Waals surface area (Å²) in [5.41, 5.74) is 3.32. The first-order chi connectivity index (χ1) is 14.0. The molecule has 1 heterocycles. The van der Waals surface area contributed by atoms with Gasteiger partial charge in [-0.3, -0.25) is 4.79 Å². The molecule has 0 spiro atoms. The van der Waals surface area contributed by atoms with Crippen LogP contribution in [0.5, 0.6) is 0 Å². The van der Waals surface area contributed by atoms with Crippen molar-refractivity contribution < 1.29 is 23.1 Å². The number of piperidine rings is 1. The van der Waals surface area contributed by atoms with E-state index >= 15 is 0 Å². The smallest absolute Gasteiger partial charge is 0.307 e. The molecule has 0 aromatic heterocycles. The third-order valence-corrected chi connectivity index (χ3v) is 4.93. The summed E-state index contributed by atoms with van der Waals surface area (Å²) in [5, 5.41) is 13.2. The molecule has 1 unspecified atom stereocenters. The summed E-state index contributed by atoms with van der Waals surface area (Å²) < 4.78 is 41.4. The fourth-order valence-corrected chi connectivity index (χ4v) is 3.48. The summed E-state index contributed by atoms with van der Waals surface area (Å²) >= 11 is 0. The zero-order valence-electron chi connectivity index (χ0n) is 15.7. The average molecular weight is 405 g/mol. The Balaban J connectivity index is 1.62. The lowest BCUT2D eigenvalue weighted by Gasteiger charge is -2.30. The van der Waals surface area contributed by atoms with Gasteiger partial charge < -0.3 is 15.4 Å². The van der Waals surface area contributed by atoms with Gasteiger partial charge in [0.25, 0.3) is 0 Å². The van der Waals surface area contributed by atoms with Crippen LogP contribution in [0.15, 0.2) is 41.5 Å². The zero-order chi connectivity index (χ0) is 20.8. The molecule has 1 aliphatic rings. The number of nitrogens with one attached hydrogen (secondary N) is 1. The van der Waals surface area contributed by atoms with Crippen molar-refractivity contribution in [1.82, 2.24) is 10.3 Å². The highest BCUT2D eigenvalue weighted by Crippen LogP contribution is 2.29. The molecule has 0 saturated carbocycles. The van der Waals surface area contributed by atoms with Crippen molar-refractivity contribution in [2.75, 3.05) is 26.2 Å². The summed E-state index contributed by atoms with van der Waals surface area (Å²) in [7, 11) is 0. The first-order valence-electron chi connectivity index (χ1n) is 9.40. The zero-order valence-corrected chi connectivity index (χ0v) is 15.7. The van der Waals surface area contributed by atoms with Crippen LogP contribution in [0.1, 0.15) is 18.4 Å². The minimum absolute atomic E-state index is 0.272. The van der Waals surface area contributed by atoms with E-state index in [1.807, 2.05) is 0 Å². The third-order valence-electron chi connectivity index (χ3n) is 4.93. The van der Waals surface area contributed by atoms with E-state index in [0.717, 1.165) is 13.0 Å². The molecule has 0 radical (unpaired) electrons. The van der Waals surface area contributed by atoms with Gasteiger partial charge >= 0.3 is 5.97 Å². The highest BCUT2D eigenvalue weighted by Gasteiger charge is 2.24. The van der Waals surface area contributed by atoms with Crippen molar-refractivity contribution >= 4 is 12.2 Å². The number of rotatable bonds is 7. The van der Waals surface area contributed by atoms with Crippen LogP contribution in [0.25, 0.3) is 11.1 Å². The molecule has 8 heteroatoms. The SMILES string of the molecule is O=C(O)C1CCCN(CCN/N=C/c2ccccc2-c2c(F)cc(F)cc2F)C1. The van der Waals surface area contributed by atoms with Crippen molar-refractivity contribution in [3.63, 3.8) is 0 Å². The second-order valence-corrected chi connectivity index (χ2v) is 6.98. The molecule has 1 aliphatic heterocycles. The van der Waals surface area contributed by atoms with Crippen LogP contribution in [-0.4, -0.2) is 48.4 Å². The summed E-state index contributed by atoms with van der Waals surface area (Å²) in [6, 6.07) is 7.84. The largest absolute Gasteiger partial charge is 0.481 e. The van der Waals surface area contributed by atoms with Crippen LogP contribution in [-0.2, 0) is 4.79 Å². The molecule has 2 N–H and O–H groups in total. The number of halogens is 3. The first-order valence-corrected chi connectivity index (χ1v) is 9.40. The van der Waals surface area contributed by atoms with Crippen molar-refractivity contribution in [2.45, 2.75) is 12.8 Å². The number of carboxylic acid groups (broad SMARTS) is 1. The molecule has 2 aromatic carbocycles. The van der Waals surface area contributed by atoms with Gasteiger partial charge in [-0.25, -0.2) is 13.2 Å². The monoisotopic (exact) mass is 405 g/mol. The highest BCUT2D eigenvalue weighted by atomic mass is 19.1. The van der Waals surface area contributed by atoms with Gasteiger partial charge in [0.15, 0.2) is 0 Å². The molecule has 0 aliphatic carbocycles. The van der Waals surface area contributed by atoms with Crippen LogP contribution < -0.4 is 5.43 Å². The second-order valence-electron chi connectivity index (χ2n) is 6.98. The molecule has 29 heavy (non-hydrogen) atoms. The molecule has 1 atom stereocenters. The Morgan fingerprint density at radius 3 is 2.69 bits per heavy atom. The van der Waals surface area contributed by atoms with Crippen molar-refractivity contribution in [3.05, 3.63) is 59.4 Å². The first kappa shape index (κ1) is 20.9. The third kappa shape index (κ3) is 5.35. The maximum atomic E-state index is 14.1. The van der Waals surface area contributed by atoms with Crippen LogP contribution >= 0.6 is 0 Å². The predicted molar refractivity (Wildman–Crippen MR) is 104 cm³/mol. The molecule has 5 nitrogen and oxygen atoms in total. The summed E-state index contributed by atoms with van der Waals surface area (Å²) in [4.78, 5) is 13.2. The second kappa shape index (κ2) is 9.56. The van der Waals surface area contributed by atoms with Crippen LogP contribution in [0.2, 0.25) is 0 Å². The van der Waals surface area contributed by atoms with Gasteiger partial charge in [0.2, 0.25) is 0 Å². The molecular weight excluding hydrogens is 383 g/mol. The average Bonchev–Trinajstić information content (AvgIpc) is 2.68. The van der Waals surface area contributed by atoms with Crippen LogP contribution in [0, 0.1) is 23.4 Å². The lowest BCUT2D eigenvalue weighted by molar-refractivity contribution is -0.143. The fourth-order valence-electron chi connectivity index (χ4n) is 3.48. The maximum Gasteiger partial charge on any atom is 0.307 e. The Morgan fingerprint density at radius 1 is 1.24 bits per heavy atom. The van der Waals surface area contributed by atoms with Crippen molar-refractivity contribution in [1.29, 1.82) is 0 Å². The van der Waals surface area contributed by atoms with E-state index in [-0.39, 0.29) is 17.0 Å². The Labute approximate surface area is 166 Å². The quantitative estimate of drug-likeness (QED) is 0.421. The molecule has 3 rings (SSSR count). The van der Waals surface area contributed by atoms with E-state index < -0.39 is 23.4 Å². The minimum Gasteiger partial charge on any atom is -0.481 e. The van der Waals surface area contributed by atoms with E-state index in [0.29, 0.717) is 43.8 Å². The number of carboxylic acids is 1. The maximum absolute atomic E-state index is 14.1. The van der Waals surface area contributed by atoms with Crippen molar-refractivity contribution in [3.8, 4) is 11.1 Å². The van der Waals surface area contributed by atoms with Gasteiger partial charge in [-0.2, -0.15) is 5.10 Å². The number of benzene rings is 2. The standard InChI is InChI=1S/C21H22F3N3O2/c22-16-10-18(23)20(19(24)11-16)17-6-2-1-4-14(17)12-26-25-7-9-27-8-3-5-15(13-27)21(28)29/h1-2,4,6,10-12,15,25H,3,5,7-9,13H2,(H,28,29)/b26-12+. The van der Waals surface area contributed by atoms with Gasteiger partial charge in [0.1, 0.15) is 17.5 Å². The van der Waals surface area contributed by atoms with Crippen molar-refractivity contribution in [2.24, 2.45) is 11.0 Å². The molecule has 0 amide bonds. The van der Waals surface area contributed by atoms with E-state index in [2.05, 4.69) is 15.4 Å². The fraction of sp³-hybridized carbons (Fsp3) is 0.333. The highest BCUT2D eigenvalue weighted by molar-refractivity contribution is 5.90. The van der Waals surface area contributed by atoms with Gasteiger partial charge in [-0.1, -0.05) is 24.3 Å². The lowest BCUT2D eigenvalue weighted by atomic mass is 9.98. The number of carbonyl (C=O) groups is 1. The lowest BCUT2D eigenvalue weighted by Crippen LogP contribution is -2.41. The summed E-state index contributed by atoms with van der Waals surface area (Å²) in [6.45, 7) is 2.52. The Hall–Kier alpha value is -2.87. The number of hydrazone groups is 1. The van der Waals surface area contributed by atoms with Crippen LogP contribution in [0.4, 0.5) is 13.2 Å². The molecule has 1 saturated heterocycles. The normalized spacial score (nSPS) is 17.6. The summed E-state index contributed by atoms with van der Waals surface area (Å²) in [5.74, 6) is -4.03. The van der Waals surface area contributed by atoms with E-state index in [1.165, 1.54) is 6.21 Å². The number of aliphatic carboxylic acids is 1. The number of nitrogens with zero attached hydrogens (tertiary/aromatic N) is 2. The van der Waals surface area contributed by atoms with E-state index in [4.69, 9.17) is 5.11 Å². The van der Waals surface area contributed by atoms with Gasteiger partial charge in [0, 0.05) is 37.3 Å². The molecule has 2 aromatic rings. The predicted octanol–water partition coefficient (Wildman–Crippen LogP) is 3.49. The minimum atomic E-state index is -0.977. The Morgan fingerprint density at radius 2 is 1.97 bits per heavy atom. The Kier molecular flexibility index (Phi) is 6.87. The number of hydrogen-bond acceptors (Lipinski definition) is 4. The molecule has 154 valence electrons. The van der Waals surface area contributed by atoms with Gasteiger partial charge in [-0.15, -0.1) is 0 Å². The number of hydrogen-bond donors (Lipinski definition) is 2. The van der Waals surface area contributed by atoms with E-state index in [1.54, 1.807) is 24.3 Å². The summed E-state index contributed by atoms with van der Waals surface area (Å²) in [6.07, 6.45) is 3.00. The molecule has 1 fully saturated rings. The van der Waals surface area contributed by atoms with Gasteiger partial charge in [0.05, 0.1) is 17.7 Å². The topological polar surface area (TPSA) is 64.9 Å². The Bertz CT molecular complexity index is 881. The molecule has 0 bridgehead atoms. The number of likely N-dealkylation sites (tertiary alicyclic amines) is 1. The molecular formula is C21H22F3N3O2. The van der Waals surface area contributed by atoms with Crippen LogP contribution in [0.3, 0.4) is 0 Å². The van der Waals surface area contributed by atoms with Gasteiger partial charge in [-0.05, 0) is 24.9 Å². The van der Waals surface area contributed by atoms with E-state index in [9.17, 15) is 18.0 Å².